The number of hydrogen-bond donors (Lipinski definition) is 1. The van der Waals surface area contributed by atoms with Crippen molar-refractivity contribution in [3.63, 3.8) is 0 Å². The summed E-state index contributed by atoms with van der Waals surface area (Å²) in [5.41, 5.74) is 4.57. The van der Waals surface area contributed by atoms with Crippen molar-refractivity contribution in [2.75, 3.05) is 30.4 Å². The molecule has 8 nitrogen and oxygen atoms in total. The Labute approximate surface area is 218 Å². The highest BCUT2D eigenvalue weighted by molar-refractivity contribution is 7.15. The van der Waals surface area contributed by atoms with Crippen LogP contribution in [0.2, 0.25) is 0 Å². The number of piperidine rings is 1. The van der Waals surface area contributed by atoms with Crippen molar-refractivity contribution >= 4 is 33.7 Å². The Morgan fingerprint density at radius 1 is 1.05 bits per heavy atom. The number of carbonyl (C=O) groups excluding carboxylic acids is 1. The van der Waals surface area contributed by atoms with E-state index >= 15 is 0 Å². The number of aromatic nitrogens is 4. The molecule has 0 aliphatic carbocycles. The van der Waals surface area contributed by atoms with E-state index in [1.54, 1.807) is 24.8 Å². The number of ether oxygens (including phenoxy) is 1. The third-order valence-corrected chi connectivity index (χ3v) is 7.47. The zero-order valence-electron chi connectivity index (χ0n) is 20.4. The van der Waals surface area contributed by atoms with Crippen LogP contribution in [0.4, 0.5) is 11.5 Å². The van der Waals surface area contributed by atoms with Crippen molar-refractivity contribution in [2.24, 2.45) is 5.92 Å². The van der Waals surface area contributed by atoms with Gasteiger partial charge in [0.05, 0.1) is 24.4 Å². The Bertz CT molecular complexity index is 1500. The Kier molecular flexibility index (Phi) is 6.28. The molecular weight excluding hydrogens is 484 g/mol. The molecule has 6 rings (SSSR count). The number of nitrogens with one attached hydrogen (secondary N) is 1. The zero-order chi connectivity index (χ0) is 25.2. The fraction of sp³-hybridized carbons (Fsp3) is 0.214. The van der Waals surface area contributed by atoms with E-state index in [-0.39, 0.29) is 11.8 Å². The summed E-state index contributed by atoms with van der Waals surface area (Å²) in [6.45, 7) is 1.48. The van der Waals surface area contributed by atoms with Crippen LogP contribution < -0.4 is 15.0 Å². The van der Waals surface area contributed by atoms with Gasteiger partial charge in [-0.3, -0.25) is 9.20 Å². The quantitative estimate of drug-likeness (QED) is 0.330. The lowest BCUT2D eigenvalue weighted by Gasteiger charge is -2.33. The summed E-state index contributed by atoms with van der Waals surface area (Å²) >= 11 is 1.61. The maximum atomic E-state index is 13.1. The number of amides is 1. The number of thiazole rings is 1. The number of benzene rings is 2. The number of carbonyl (C=O) groups is 1. The number of rotatable bonds is 6. The second-order valence-corrected chi connectivity index (χ2v) is 9.93. The minimum absolute atomic E-state index is 0.0318. The Morgan fingerprint density at radius 3 is 2.62 bits per heavy atom. The molecule has 1 fully saturated rings. The fourth-order valence-corrected chi connectivity index (χ4v) is 5.37. The van der Waals surface area contributed by atoms with Gasteiger partial charge in [0.15, 0.2) is 4.96 Å². The van der Waals surface area contributed by atoms with Crippen LogP contribution in [-0.2, 0) is 4.79 Å². The summed E-state index contributed by atoms with van der Waals surface area (Å²) in [6, 6.07) is 17.7. The average molecular weight is 511 g/mol. The minimum Gasteiger partial charge on any atom is -0.497 e. The Balaban J connectivity index is 1.11. The molecule has 1 aliphatic heterocycles. The molecule has 1 unspecified atom stereocenters. The summed E-state index contributed by atoms with van der Waals surface area (Å²) < 4.78 is 7.27. The zero-order valence-corrected chi connectivity index (χ0v) is 21.2. The smallest absolute Gasteiger partial charge is 0.229 e. The molecule has 4 heterocycles. The van der Waals surface area contributed by atoms with Gasteiger partial charge in [0.1, 0.15) is 17.9 Å². The molecule has 0 bridgehead atoms. The van der Waals surface area contributed by atoms with Gasteiger partial charge in [-0.15, -0.1) is 11.3 Å². The first-order chi connectivity index (χ1) is 18.2. The van der Waals surface area contributed by atoms with E-state index < -0.39 is 0 Å². The molecule has 0 saturated carbocycles. The minimum atomic E-state index is -0.118. The monoisotopic (exact) mass is 510 g/mol. The Hall–Kier alpha value is -4.24. The number of methoxy groups -OCH3 is 1. The summed E-state index contributed by atoms with van der Waals surface area (Å²) in [4.78, 5) is 29.9. The van der Waals surface area contributed by atoms with E-state index in [0.29, 0.717) is 6.54 Å². The lowest BCUT2D eigenvalue weighted by atomic mass is 9.97. The van der Waals surface area contributed by atoms with E-state index in [0.717, 1.165) is 64.1 Å². The SMILES string of the molecule is COc1ccc(-c2cc(N3CCCC(C(=O)Nc4ccc(-c5cn6ccsc6n5)cc4)C3)ncn2)cc1. The number of anilines is 2. The van der Waals surface area contributed by atoms with Crippen molar-refractivity contribution in [3.05, 3.63) is 78.7 Å². The molecule has 1 aliphatic rings. The summed E-state index contributed by atoms with van der Waals surface area (Å²) in [6.07, 6.45) is 7.38. The molecule has 1 amide bonds. The van der Waals surface area contributed by atoms with Gasteiger partial charge in [-0.2, -0.15) is 0 Å². The van der Waals surface area contributed by atoms with Gasteiger partial charge in [-0.25, -0.2) is 15.0 Å². The average Bonchev–Trinajstić information content (AvgIpc) is 3.57. The lowest BCUT2D eigenvalue weighted by molar-refractivity contribution is -0.120. The molecule has 1 saturated heterocycles. The molecule has 5 aromatic rings. The van der Waals surface area contributed by atoms with Crippen LogP contribution in [-0.4, -0.2) is 45.5 Å². The first-order valence-corrected chi connectivity index (χ1v) is 13.1. The Morgan fingerprint density at radius 2 is 1.84 bits per heavy atom. The van der Waals surface area contributed by atoms with Crippen molar-refractivity contribution in [1.29, 1.82) is 0 Å². The largest absolute Gasteiger partial charge is 0.497 e. The molecular formula is C28H26N6O2S. The molecule has 37 heavy (non-hydrogen) atoms. The highest BCUT2D eigenvalue weighted by Gasteiger charge is 2.27. The van der Waals surface area contributed by atoms with Crippen molar-refractivity contribution < 1.29 is 9.53 Å². The molecule has 0 spiro atoms. The number of fused-ring (bicyclic) bond motifs is 1. The number of imidazole rings is 1. The third kappa shape index (κ3) is 4.90. The highest BCUT2D eigenvalue weighted by atomic mass is 32.1. The predicted octanol–water partition coefficient (Wildman–Crippen LogP) is 5.38. The van der Waals surface area contributed by atoms with Gasteiger partial charge < -0.3 is 15.0 Å². The van der Waals surface area contributed by atoms with Crippen LogP contribution in [0.15, 0.2) is 78.7 Å². The molecule has 9 heteroatoms. The second-order valence-electron chi connectivity index (χ2n) is 9.06. The molecule has 186 valence electrons. The third-order valence-electron chi connectivity index (χ3n) is 6.70. The molecule has 0 radical (unpaired) electrons. The normalized spacial score (nSPS) is 15.6. The van der Waals surface area contributed by atoms with Gasteiger partial charge in [-0.1, -0.05) is 12.1 Å². The first-order valence-electron chi connectivity index (χ1n) is 12.2. The fourth-order valence-electron chi connectivity index (χ4n) is 4.67. The summed E-state index contributed by atoms with van der Waals surface area (Å²) in [5.74, 6) is 1.55. The van der Waals surface area contributed by atoms with Crippen LogP contribution in [0, 0.1) is 5.92 Å². The van der Waals surface area contributed by atoms with Gasteiger partial charge in [-0.05, 0) is 49.2 Å². The van der Waals surface area contributed by atoms with Crippen LogP contribution >= 0.6 is 11.3 Å². The maximum absolute atomic E-state index is 13.1. The molecule has 1 atom stereocenters. The topological polar surface area (TPSA) is 84.7 Å². The van der Waals surface area contributed by atoms with Crippen LogP contribution in [0.5, 0.6) is 5.75 Å². The van der Waals surface area contributed by atoms with Gasteiger partial charge in [0.25, 0.3) is 0 Å². The van der Waals surface area contributed by atoms with Crippen LogP contribution in [0.3, 0.4) is 0 Å². The van der Waals surface area contributed by atoms with Crippen LogP contribution in [0.25, 0.3) is 27.5 Å². The lowest BCUT2D eigenvalue weighted by Crippen LogP contribution is -2.41. The van der Waals surface area contributed by atoms with Gasteiger partial charge in [0, 0.05) is 53.7 Å². The molecule has 1 N–H and O–H groups in total. The maximum Gasteiger partial charge on any atom is 0.229 e. The van der Waals surface area contributed by atoms with Crippen LogP contribution in [0.1, 0.15) is 12.8 Å². The highest BCUT2D eigenvalue weighted by Crippen LogP contribution is 2.28. The summed E-state index contributed by atoms with van der Waals surface area (Å²) in [5, 5.41) is 5.11. The standard InChI is InChI=1S/C28H26N6O2S/c1-36-23-10-6-19(7-11-23)24-15-26(30-18-29-24)33-12-2-3-21(16-33)27(35)31-22-8-4-20(5-9-22)25-17-34-13-14-37-28(34)32-25/h4-11,13-15,17-18,21H,2-3,12,16H2,1H3,(H,31,35). The number of hydrogen-bond acceptors (Lipinski definition) is 7. The van der Waals surface area contributed by atoms with E-state index in [2.05, 4.69) is 25.2 Å². The van der Waals surface area contributed by atoms with E-state index in [1.807, 2.05) is 76.8 Å². The van der Waals surface area contributed by atoms with Crippen molar-refractivity contribution in [2.45, 2.75) is 12.8 Å². The molecule has 3 aromatic heterocycles. The van der Waals surface area contributed by atoms with Crippen molar-refractivity contribution in [3.8, 4) is 28.3 Å². The van der Waals surface area contributed by atoms with E-state index in [4.69, 9.17) is 4.74 Å². The van der Waals surface area contributed by atoms with Crippen molar-refractivity contribution in [1.82, 2.24) is 19.4 Å². The van der Waals surface area contributed by atoms with E-state index in [1.165, 1.54) is 0 Å². The van der Waals surface area contributed by atoms with E-state index in [9.17, 15) is 4.79 Å². The number of nitrogens with zero attached hydrogens (tertiary/aromatic N) is 5. The molecule has 2 aromatic carbocycles. The second kappa shape index (κ2) is 10.0. The predicted molar refractivity (Wildman–Crippen MR) is 146 cm³/mol. The van der Waals surface area contributed by atoms with Gasteiger partial charge >= 0.3 is 0 Å². The summed E-state index contributed by atoms with van der Waals surface area (Å²) in [7, 11) is 1.65. The van der Waals surface area contributed by atoms with Gasteiger partial charge in [0.2, 0.25) is 5.91 Å². The first kappa shape index (κ1) is 23.2.